The number of tetrazole rings is 1. The number of rotatable bonds is 6. The van der Waals surface area contributed by atoms with E-state index >= 15 is 0 Å². The second-order valence-corrected chi connectivity index (χ2v) is 9.59. The molecule has 1 aliphatic rings. The first-order chi connectivity index (χ1) is 18.0. The number of aryl methyl sites for hydroxylation is 2. The van der Waals surface area contributed by atoms with Gasteiger partial charge in [0.1, 0.15) is 11.8 Å². The van der Waals surface area contributed by atoms with Crippen LogP contribution in [-0.4, -0.2) is 38.8 Å². The number of pyridine rings is 1. The van der Waals surface area contributed by atoms with Gasteiger partial charge in [0.25, 0.3) is 5.56 Å². The molecule has 37 heavy (non-hydrogen) atoms. The Bertz CT molecular complexity index is 1650. The highest BCUT2D eigenvalue weighted by Gasteiger charge is 2.34. The second-order valence-electron chi connectivity index (χ2n) is 9.59. The molecule has 0 aliphatic carbocycles. The van der Waals surface area contributed by atoms with Gasteiger partial charge in [-0.05, 0) is 94.7 Å². The lowest BCUT2D eigenvalue weighted by molar-refractivity contribution is 0.414. The van der Waals surface area contributed by atoms with E-state index in [0.29, 0.717) is 17.9 Å². The highest BCUT2D eigenvalue weighted by atomic mass is 16.5. The SMILES string of the molecule is COc1ccc(Cn2nnnc2[C@@H](c2cc3cc(C)c(C)cc3[nH]c2=O)N2CCc3ccccc32)cc1. The van der Waals surface area contributed by atoms with E-state index in [-0.39, 0.29) is 5.56 Å². The molecule has 3 heterocycles. The summed E-state index contributed by atoms with van der Waals surface area (Å²) in [4.78, 5) is 19.0. The molecule has 6 rings (SSSR count). The van der Waals surface area contributed by atoms with Crippen LogP contribution in [0.5, 0.6) is 5.75 Å². The molecule has 1 N–H and O–H groups in total. The van der Waals surface area contributed by atoms with Gasteiger partial charge in [-0.3, -0.25) is 4.79 Å². The van der Waals surface area contributed by atoms with Gasteiger partial charge >= 0.3 is 0 Å². The van der Waals surface area contributed by atoms with Gasteiger partial charge in [-0.25, -0.2) is 4.68 Å². The maximum Gasteiger partial charge on any atom is 0.254 e. The van der Waals surface area contributed by atoms with Crippen LogP contribution in [0, 0.1) is 13.8 Å². The molecule has 0 saturated heterocycles. The molecule has 5 aromatic rings. The first kappa shape index (κ1) is 23.0. The van der Waals surface area contributed by atoms with Crippen molar-refractivity contribution in [3.05, 3.63) is 111 Å². The summed E-state index contributed by atoms with van der Waals surface area (Å²) >= 11 is 0. The number of benzene rings is 3. The van der Waals surface area contributed by atoms with Crippen LogP contribution in [0.15, 0.2) is 71.5 Å². The molecule has 0 radical (unpaired) electrons. The molecular weight excluding hydrogens is 464 g/mol. The van der Waals surface area contributed by atoms with Gasteiger partial charge in [-0.2, -0.15) is 0 Å². The summed E-state index contributed by atoms with van der Waals surface area (Å²) in [5.74, 6) is 1.42. The predicted molar refractivity (Wildman–Crippen MR) is 143 cm³/mol. The Balaban J connectivity index is 1.50. The second kappa shape index (κ2) is 9.20. The van der Waals surface area contributed by atoms with E-state index in [1.807, 2.05) is 42.5 Å². The van der Waals surface area contributed by atoms with Crippen LogP contribution in [0.25, 0.3) is 10.9 Å². The summed E-state index contributed by atoms with van der Waals surface area (Å²) in [5, 5.41) is 13.8. The van der Waals surface area contributed by atoms with Crippen LogP contribution in [0.4, 0.5) is 5.69 Å². The Hall–Kier alpha value is -4.46. The van der Waals surface area contributed by atoms with E-state index in [1.165, 1.54) is 11.1 Å². The lowest BCUT2D eigenvalue weighted by Crippen LogP contribution is -2.34. The third kappa shape index (κ3) is 4.14. The minimum atomic E-state index is -0.452. The third-order valence-electron chi connectivity index (χ3n) is 7.31. The summed E-state index contributed by atoms with van der Waals surface area (Å²) in [6, 6.07) is 21.9. The molecule has 3 aromatic carbocycles. The number of fused-ring (bicyclic) bond motifs is 2. The zero-order valence-corrected chi connectivity index (χ0v) is 21.1. The van der Waals surface area contributed by atoms with E-state index in [4.69, 9.17) is 4.74 Å². The van der Waals surface area contributed by atoms with E-state index in [0.717, 1.165) is 46.4 Å². The number of para-hydroxylation sites is 1. The highest BCUT2D eigenvalue weighted by molar-refractivity contribution is 5.81. The van der Waals surface area contributed by atoms with E-state index in [9.17, 15) is 4.79 Å². The molecule has 8 nitrogen and oxygen atoms in total. The number of nitrogens with one attached hydrogen (secondary N) is 1. The molecule has 1 aliphatic heterocycles. The molecule has 0 saturated carbocycles. The molecule has 0 amide bonds. The van der Waals surface area contributed by atoms with Crippen molar-refractivity contribution < 1.29 is 4.74 Å². The summed E-state index contributed by atoms with van der Waals surface area (Å²) in [5.41, 5.74) is 7.03. The third-order valence-corrected chi connectivity index (χ3v) is 7.31. The zero-order chi connectivity index (χ0) is 25.5. The summed E-state index contributed by atoms with van der Waals surface area (Å²) in [6.45, 7) is 5.38. The van der Waals surface area contributed by atoms with Crippen molar-refractivity contribution in [2.75, 3.05) is 18.6 Å². The smallest absolute Gasteiger partial charge is 0.254 e. The van der Waals surface area contributed by atoms with Gasteiger partial charge in [-0.15, -0.1) is 5.10 Å². The first-order valence-electron chi connectivity index (χ1n) is 12.4. The van der Waals surface area contributed by atoms with Crippen LogP contribution >= 0.6 is 0 Å². The molecule has 1 atom stereocenters. The summed E-state index contributed by atoms with van der Waals surface area (Å²) in [7, 11) is 1.65. The maximum absolute atomic E-state index is 13.6. The van der Waals surface area contributed by atoms with Gasteiger partial charge in [-0.1, -0.05) is 30.3 Å². The van der Waals surface area contributed by atoms with Crippen molar-refractivity contribution in [1.82, 2.24) is 25.2 Å². The summed E-state index contributed by atoms with van der Waals surface area (Å²) < 4.78 is 7.09. The number of ether oxygens (including phenoxy) is 1. The molecule has 186 valence electrons. The van der Waals surface area contributed by atoms with Gasteiger partial charge in [0, 0.05) is 23.3 Å². The summed E-state index contributed by atoms with van der Waals surface area (Å²) in [6.07, 6.45) is 0.899. The van der Waals surface area contributed by atoms with Crippen molar-refractivity contribution in [2.45, 2.75) is 32.9 Å². The van der Waals surface area contributed by atoms with Crippen molar-refractivity contribution >= 4 is 16.6 Å². The fourth-order valence-electron chi connectivity index (χ4n) is 5.20. The lowest BCUT2D eigenvalue weighted by Gasteiger charge is -2.29. The van der Waals surface area contributed by atoms with Gasteiger partial charge in [0.05, 0.1) is 13.7 Å². The fourth-order valence-corrected chi connectivity index (χ4v) is 5.20. The standard InChI is InChI=1S/C29H28N6O2/c1-18-14-22-16-24(29(36)30-25(22)15-19(18)2)27(34-13-12-21-6-4-5-7-26(21)34)28-31-32-33-35(28)17-20-8-10-23(37-3)11-9-20/h4-11,14-16,27H,12-13,17H2,1-3H3,(H,30,36)/t27-/m1/s1. The molecule has 0 unspecified atom stereocenters. The van der Waals surface area contributed by atoms with E-state index < -0.39 is 6.04 Å². The maximum atomic E-state index is 13.6. The predicted octanol–water partition coefficient (Wildman–Crippen LogP) is 4.34. The zero-order valence-electron chi connectivity index (χ0n) is 21.1. The Morgan fingerprint density at radius 2 is 1.81 bits per heavy atom. The fraction of sp³-hybridized carbons (Fsp3) is 0.241. The average Bonchev–Trinajstić information content (AvgIpc) is 3.54. The number of anilines is 1. The number of hydrogen-bond donors (Lipinski definition) is 1. The lowest BCUT2D eigenvalue weighted by atomic mass is 10.0. The largest absolute Gasteiger partial charge is 0.497 e. The molecule has 0 spiro atoms. The number of aromatic amines is 1. The number of hydrogen-bond acceptors (Lipinski definition) is 6. The van der Waals surface area contributed by atoms with E-state index in [2.05, 4.69) is 63.5 Å². The highest BCUT2D eigenvalue weighted by Crippen LogP contribution is 2.37. The Morgan fingerprint density at radius 3 is 2.62 bits per heavy atom. The van der Waals surface area contributed by atoms with Crippen molar-refractivity contribution in [1.29, 1.82) is 0 Å². The van der Waals surface area contributed by atoms with Crippen molar-refractivity contribution in [2.24, 2.45) is 0 Å². The van der Waals surface area contributed by atoms with Crippen LogP contribution in [-0.2, 0) is 13.0 Å². The average molecular weight is 493 g/mol. The molecule has 2 aromatic heterocycles. The van der Waals surface area contributed by atoms with Gasteiger partial charge < -0.3 is 14.6 Å². The van der Waals surface area contributed by atoms with Crippen LogP contribution in [0.1, 0.15) is 39.7 Å². The van der Waals surface area contributed by atoms with E-state index in [1.54, 1.807) is 11.8 Å². The molecule has 0 fully saturated rings. The number of nitrogens with zero attached hydrogens (tertiary/aromatic N) is 5. The van der Waals surface area contributed by atoms with Gasteiger partial charge in [0.2, 0.25) is 0 Å². The Labute approximate surface area is 214 Å². The number of aromatic nitrogens is 5. The molecule has 0 bridgehead atoms. The van der Waals surface area contributed by atoms with Crippen LogP contribution in [0.2, 0.25) is 0 Å². The normalized spacial score (nSPS) is 13.6. The minimum absolute atomic E-state index is 0.135. The molecule has 8 heteroatoms. The van der Waals surface area contributed by atoms with Crippen LogP contribution in [0.3, 0.4) is 0 Å². The Morgan fingerprint density at radius 1 is 1.03 bits per heavy atom. The molecular formula is C29H28N6O2. The topological polar surface area (TPSA) is 88.9 Å². The van der Waals surface area contributed by atoms with Crippen molar-refractivity contribution in [3.63, 3.8) is 0 Å². The monoisotopic (exact) mass is 492 g/mol. The van der Waals surface area contributed by atoms with Gasteiger partial charge in [0.15, 0.2) is 5.82 Å². The number of methoxy groups -OCH3 is 1. The van der Waals surface area contributed by atoms with Crippen LogP contribution < -0.4 is 15.2 Å². The Kier molecular flexibility index (Phi) is 5.71. The van der Waals surface area contributed by atoms with Crippen molar-refractivity contribution in [3.8, 4) is 5.75 Å². The minimum Gasteiger partial charge on any atom is -0.497 e. The first-order valence-corrected chi connectivity index (χ1v) is 12.4. The number of H-pyrrole nitrogens is 1. The quantitative estimate of drug-likeness (QED) is 0.379.